The number of amides is 1. The molecule has 0 saturated carbocycles. The van der Waals surface area contributed by atoms with E-state index in [2.05, 4.69) is 26.0 Å². The summed E-state index contributed by atoms with van der Waals surface area (Å²) < 4.78 is 7.08. The largest absolute Gasteiger partial charge is 0.457 e. The number of para-hydroxylation sites is 1. The molecule has 5 heteroatoms. The van der Waals surface area contributed by atoms with Gasteiger partial charge in [-0.05, 0) is 60.9 Å². The summed E-state index contributed by atoms with van der Waals surface area (Å²) in [5, 5.41) is 0.690. The molecule has 0 aliphatic carbocycles. The number of ether oxygens (including phenoxy) is 1. The molecule has 0 aliphatic heterocycles. The van der Waals surface area contributed by atoms with Crippen molar-refractivity contribution in [2.24, 2.45) is 0 Å². The molecule has 0 radical (unpaired) electrons. The second-order valence-electron chi connectivity index (χ2n) is 8.19. The number of fused-ring (bicyclic) bond motifs is 1. The van der Waals surface area contributed by atoms with Gasteiger partial charge in [-0.25, -0.2) is 4.98 Å². The molecule has 4 nitrogen and oxygen atoms in total. The number of aromatic nitrogens is 1. The van der Waals surface area contributed by atoms with Gasteiger partial charge in [-0.3, -0.25) is 9.69 Å². The molecule has 0 spiro atoms. The van der Waals surface area contributed by atoms with Gasteiger partial charge in [-0.15, -0.1) is 0 Å². The number of hydrogen-bond acceptors (Lipinski definition) is 4. The zero-order chi connectivity index (χ0) is 23.5. The van der Waals surface area contributed by atoms with Crippen LogP contribution in [0, 0.1) is 13.8 Å². The van der Waals surface area contributed by atoms with E-state index in [1.807, 2.05) is 78.9 Å². The van der Waals surface area contributed by atoms with Crippen LogP contribution in [0.3, 0.4) is 0 Å². The maximum Gasteiger partial charge on any atom is 0.260 e. The molecule has 34 heavy (non-hydrogen) atoms. The number of thiazole rings is 1. The molecule has 168 valence electrons. The Hall–Kier alpha value is -3.96. The SMILES string of the molecule is Cc1ccc(C)c2sc(N(Cc3ccccc3)C(=O)c3cccc(Oc4ccccc4)c3)nc12. The smallest absolute Gasteiger partial charge is 0.260 e. The fourth-order valence-electron chi connectivity index (χ4n) is 3.83. The first-order chi connectivity index (χ1) is 16.6. The first-order valence-electron chi connectivity index (χ1n) is 11.1. The number of carbonyl (C=O) groups is 1. The third-order valence-electron chi connectivity index (χ3n) is 5.65. The topological polar surface area (TPSA) is 42.4 Å². The van der Waals surface area contributed by atoms with Gasteiger partial charge in [0, 0.05) is 5.56 Å². The van der Waals surface area contributed by atoms with Crippen LogP contribution in [-0.2, 0) is 6.54 Å². The van der Waals surface area contributed by atoms with Crippen LogP contribution in [0.4, 0.5) is 5.13 Å². The van der Waals surface area contributed by atoms with Crippen LogP contribution < -0.4 is 9.64 Å². The Morgan fingerprint density at radius 3 is 2.24 bits per heavy atom. The van der Waals surface area contributed by atoms with Gasteiger partial charge in [-0.1, -0.05) is 78.1 Å². The standard InChI is InChI=1S/C29H24N2O2S/c1-20-16-17-21(2)27-26(20)30-29(34-27)31(19-22-10-5-3-6-11-22)28(32)23-12-9-15-25(18-23)33-24-13-7-4-8-14-24/h3-18H,19H2,1-2H3. The maximum atomic E-state index is 13.8. The number of anilines is 1. The zero-order valence-electron chi connectivity index (χ0n) is 19.1. The third-order valence-corrected chi connectivity index (χ3v) is 6.86. The minimum Gasteiger partial charge on any atom is -0.457 e. The molecule has 0 fully saturated rings. The van der Waals surface area contributed by atoms with Gasteiger partial charge in [0.25, 0.3) is 5.91 Å². The number of benzene rings is 4. The van der Waals surface area contributed by atoms with Crippen LogP contribution in [0.2, 0.25) is 0 Å². The summed E-state index contributed by atoms with van der Waals surface area (Å²) in [7, 11) is 0. The number of hydrogen-bond donors (Lipinski definition) is 0. The van der Waals surface area contributed by atoms with Crippen molar-refractivity contribution in [1.29, 1.82) is 0 Å². The summed E-state index contributed by atoms with van der Waals surface area (Å²) in [6, 6.07) is 31.1. The molecule has 0 aliphatic rings. The average Bonchev–Trinajstić information content (AvgIpc) is 3.33. The number of carbonyl (C=O) groups excluding carboxylic acids is 1. The van der Waals surface area contributed by atoms with Crippen molar-refractivity contribution in [1.82, 2.24) is 4.98 Å². The van der Waals surface area contributed by atoms with Crippen molar-refractivity contribution < 1.29 is 9.53 Å². The van der Waals surface area contributed by atoms with Gasteiger partial charge in [0.05, 0.1) is 16.8 Å². The second kappa shape index (κ2) is 9.49. The second-order valence-corrected chi connectivity index (χ2v) is 9.17. The van der Waals surface area contributed by atoms with Crippen LogP contribution in [-0.4, -0.2) is 10.9 Å². The van der Waals surface area contributed by atoms with Crippen LogP contribution in [0.1, 0.15) is 27.0 Å². The first kappa shape index (κ1) is 21.9. The molecule has 5 rings (SSSR count). The quantitative estimate of drug-likeness (QED) is 0.260. The molecular formula is C29H24N2O2S. The van der Waals surface area contributed by atoms with Gasteiger partial charge in [0.15, 0.2) is 5.13 Å². The molecule has 0 bridgehead atoms. The predicted octanol–water partition coefficient (Wildman–Crippen LogP) is 7.55. The summed E-state index contributed by atoms with van der Waals surface area (Å²) in [5.41, 5.74) is 4.81. The predicted molar refractivity (Wildman–Crippen MR) is 139 cm³/mol. The lowest BCUT2D eigenvalue weighted by atomic mass is 10.1. The van der Waals surface area contributed by atoms with E-state index < -0.39 is 0 Å². The summed E-state index contributed by atoms with van der Waals surface area (Å²) in [6.45, 7) is 4.57. The first-order valence-corrected chi connectivity index (χ1v) is 12.0. The number of nitrogens with zero attached hydrogens (tertiary/aromatic N) is 2. The Morgan fingerprint density at radius 1 is 0.824 bits per heavy atom. The minimum absolute atomic E-state index is 0.114. The van der Waals surface area contributed by atoms with E-state index in [4.69, 9.17) is 9.72 Å². The summed E-state index contributed by atoms with van der Waals surface area (Å²) >= 11 is 1.56. The Bertz CT molecular complexity index is 1410. The van der Waals surface area contributed by atoms with Gasteiger partial charge < -0.3 is 4.74 Å². The van der Waals surface area contributed by atoms with E-state index in [0.717, 1.165) is 32.7 Å². The highest BCUT2D eigenvalue weighted by molar-refractivity contribution is 7.22. The Morgan fingerprint density at radius 2 is 1.50 bits per heavy atom. The lowest BCUT2D eigenvalue weighted by molar-refractivity contribution is 0.0985. The average molecular weight is 465 g/mol. The molecule has 0 atom stereocenters. The number of rotatable bonds is 6. The zero-order valence-corrected chi connectivity index (χ0v) is 19.9. The minimum atomic E-state index is -0.114. The van der Waals surface area contributed by atoms with E-state index in [0.29, 0.717) is 23.0 Å². The van der Waals surface area contributed by atoms with E-state index in [9.17, 15) is 4.79 Å². The van der Waals surface area contributed by atoms with E-state index in [1.54, 1.807) is 22.3 Å². The van der Waals surface area contributed by atoms with Crippen molar-refractivity contribution >= 4 is 32.6 Å². The van der Waals surface area contributed by atoms with E-state index in [-0.39, 0.29) is 5.91 Å². The lowest BCUT2D eigenvalue weighted by Gasteiger charge is -2.20. The molecule has 1 amide bonds. The summed E-state index contributed by atoms with van der Waals surface area (Å²) in [6.07, 6.45) is 0. The van der Waals surface area contributed by atoms with Gasteiger partial charge >= 0.3 is 0 Å². The van der Waals surface area contributed by atoms with Crippen molar-refractivity contribution in [2.45, 2.75) is 20.4 Å². The molecule has 5 aromatic rings. The van der Waals surface area contributed by atoms with Crippen molar-refractivity contribution in [3.8, 4) is 11.5 Å². The molecular weight excluding hydrogens is 440 g/mol. The fraction of sp³-hybridized carbons (Fsp3) is 0.103. The molecule has 4 aromatic carbocycles. The van der Waals surface area contributed by atoms with Crippen molar-refractivity contribution in [3.63, 3.8) is 0 Å². The van der Waals surface area contributed by atoms with Crippen LogP contribution in [0.5, 0.6) is 11.5 Å². The third kappa shape index (κ3) is 4.56. The molecule has 0 saturated heterocycles. The summed E-state index contributed by atoms with van der Waals surface area (Å²) in [5.74, 6) is 1.23. The molecule has 1 heterocycles. The molecule has 0 N–H and O–H groups in total. The van der Waals surface area contributed by atoms with Gasteiger partial charge in [0.1, 0.15) is 11.5 Å². The fourth-order valence-corrected chi connectivity index (χ4v) is 4.94. The van der Waals surface area contributed by atoms with Crippen LogP contribution in [0.15, 0.2) is 97.1 Å². The highest BCUT2D eigenvalue weighted by Gasteiger charge is 2.23. The Balaban J connectivity index is 1.53. The highest BCUT2D eigenvalue weighted by atomic mass is 32.1. The summed E-state index contributed by atoms with van der Waals surface area (Å²) in [4.78, 5) is 20.5. The normalized spacial score (nSPS) is 10.9. The van der Waals surface area contributed by atoms with E-state index in [1.165, 1.54) is 0 Å². The van der Waals surface area contributed by atoms with Gasteiger partial charge in [-0.2, -0.15) is 0 Å². The van der Waals surface area contributed by atoms with Crippen molar-refractivity contribution in [2.75, 3.05) is 4.90 Å². The Kier molecular flexibility index (Phi) is 6.11. The van der Waals surface area contributed by atoms with E-state index >= 15 is 0 Å². The van der Waals surface area contributed by atoms with Gasteiger partial charge in [0.2, 0.25) is 0 Å². The molecule has 0 unspecified atom stereocenters. The number of aryl methyl sites for hydroxylation is 2. The van der Waals surface area contributed by atoms with Crippen molar-refractivity contribution in [3.05, 3.63) is 119 Å². The molecule has 1 aromatic heterocycles. The lowest BCUT2D eigenvalue weighted by Crippen LogP contribution is -2.30. The van der Waals surface area contributed by atoms with Crippen LogP contribution in [0.25, 0.3) is 10.2 Å². The monoisotopic (exact) mass is 464 g/mol. The Labute approximate surface area is 203 Å². The highest BCUT2D eigenvalue weighted by Crippen LogP contribution is 2.35. The maximum absolute atomic E-state index is 13.8. The van der Waals surface area contributed by atoms with Crippen LogP contribution >= 0.6 is 11.3 Å².